The summed E-state index contributed by atoms with van der Waals surface area (Å²) in [6, 6.07) is 17.8. The predicted molar refractivity (Wildman–Crippen MR) is 132 cm³/mol. The highest BCUT2D eigenvalue weighted by Crippen LogP contribution is 2.26. The van der Waals surface area contributed by atoms with Crippen LogP contribution in [0.25, 0.3) is 11.8 Å². The lowest BCUT2D eigenvalue weighted by Gasteiger charge is -2.29. The van der Waals surface area contributed by atoms with Crippen LogP contribution in [0.3, 0.4) is 0 Å². The lowest BCUT2D eigenvalue weighted by atomic mass is 10.1. The van der Waals surface area contributed by atoms with Crippen LogP contribution in [0.4, 0.5) is 5.69 Å². The van der Waals surface area contributed by atoms with Crippen molar-refractivity contribution in [2.45, 2.75) is 34.1 Å². The fourth-order valence-corrected chi connectivity index (χ4v) is 4.23. The molecule has 1 aromatic heterocycles. The minimum Gasteiger partial charge on any atom is -0.318 e. The number of amides is 2. The van der Waals surface area contributed by atoms with E-state index in [2.05, 4.69) is 41.1 Å². The molecular formula is C26H25N3O2S. The molecule has 3 aromatic rings. The van der Waals surface area contributed by atoms with Gasteiger partial charge in [-0.15, -0.1) is 0 Å². The highest BCUT2D eigenvalue weighted by atomic mass is 32.1. The van der Waals surface area contributed by atoms with Gasteiger partial charge in [-0.05, 0) is 86.9 Å². The predicted octanol–water partition coefficient (Wildman–Crippen LogP) is 4.80. The van der Waals surface area contributed by atoms with Gasteiger partial charge in [-0.2, -0.15) is 0 Å². The van der Waals surface area contributed by atoms with Crippen LogP contribution in [0.15, 0.2) is 60.2 Å². The molecular weight excluding hydrogens is 418 g/mol. The van der Waals surface area contributed by atoms with Gasteiger partial charge in [-0.3, -0.25) is 19.8 Å². The largest absolute Gasteiger partial charge is 0.318 e. The van der Waals surface area contributed by atoms with Crippen LogP contribution in [0.1, 0.15) is 35.0 Å². The number of aromatic nitrogens is 1. The molecule has 32 heavy (non-hydrogen) atoms. The second-order valence-corrected chi connectivity index (χ2v) is 8.36. The van der Waals surface area contributed by atoms with Crippen molar-refractivity contribution in [3.63, 3.8) is 0 Å². The van der Waals surface area contributed by atoms with E-state index in [4.69, 9.17) is 12.2 Å². The summed E-state index contributed by atoms with van der Waals surface area (Å²) in [6.07, 6.45) is 2.55. The summed E-state index contributed by atoms with van der Waals surface area (Å²) < 4.78 is 2.11. The monoisotopic (exact) mass is 443 g/mol. The SMILES string of the molecule is CCc1ccc(N2C(=O)/C(=C\c3cc(C)n(-c4ccc(C)cc4)c3C)C(=O)NC2=S)cc1. The van der Waals surface area contributed by atoms with Crippen LogP contribution in [0.2, 0.25) is 0 Å². The molecule has 2 aromatic carbocycles. The molecule has 4 rings (SSSR count). The van der Waals surface area contributed by atoms with Crippen LogP contribution < -0.4 is 10.2 Å². The Morgan fingerprint density at radius 2 is 1.56 bits per heavy atom. The maximum Gasteiger partial charge on any atom is 0.270 e. The molecule has 5 nitrogen and oxygen atoms in total. The molecule has 0 bridgehead atoms. The number of anilines is 1. The van der Waals surface area contributed by atoms with Crippen molar-refractivity contribution in [3.05, 3.63) is 88.2 Å². The van der Waals surface area contributed by atoms with Gasteiger partial charge in [0.15, 0.2) is 5.11 Å². The highest BCUT2D eigenvalue weighted by molar-refractivity contribution is 7.80. The smallest absolute Gasteiger partial charge is 0.270 e. The zero-order valence-corrected chi connectivity index (χ0v) is 19.4. The van der Waals surface area contributed by atoms with Crippen LogP contribution >= 0.6 is 12.2 Å². The van der Waals surface area contributed by atoms with Crippen LogP contribution in [0, 0.1) is 20.8 Å². The molecule has 0 spiro atoms. The van der Waals surface area contributed by atoms with Gasteiger partial charge < -0.3 is 4.57 Å². The Bertz CT molecular complexity index is 1250. The second-order valence-electron chi connectivity index (χ2n) is 7.98. The summed E-state index contributed by atoms with van der Waals surface area (Å²) in [7, 11) is 0. The second kappa shape index (κ2) is 8.55. The average molecular weight is 444 g/mol. The number of nitrogens with one attached hydrogen (secondary N) is 1. The van der Waals surface area contributed by atoms with E-state index in [-0.39, 0.29) is 10.7 Å². The Labute approximate surface area is 193 Å². The van der Waals surface area contributed by atoms with E-state index in [1.54, 1.807) is 6.08 Å². The first-order chi connectivity index (χ1) is 15.3. The molecule has 1 N–H and O–H groups in total. The maximum atomic E-state index is 13.3. The summed E-state index contributed by atoms with van der Waals surface area (Å²) >= 11 is 5.31. The van der Waals surface area contributed by atoms with Crippen molar-refractivity contribution >= 4 is 40.9 Å². The van der Waals surface area contributed by atoms with E-state index in [1.165, 1.54) is 10.5 Å². The molecule has 2 amide bonds. The van der Waals surface area contributed by atoms with Crippen molar-refractivity contribution in [3.8, 4) is 5.69 Å². The van der Waals surface area contributed by atoms with Gasteiger partial charge in [-0.25, -0.2) is 0 Å². The van der Waals surface area contributed by atoms with Crippen molar-refractivity contribution < 1.29 is 9.59 Å². The molecule has 1 saturated heterocycles. The molecule has 1 aliphatic heterocycles. The van der Waals surface area contributed by atoms with Gasteiger partial charge in [0.1, 0.15) is 5.57 Å². The normalized spacial score (nSPS) is 15.4. The molecule has 0 radical (unpaired) electrons. The highest BCUT2D eigenvalue weighted by Gasteiger charge is 2.34. The first-order valence-corrected chi connectivity index (χ1v) is 11.0. The van der Waals surface area contributed by atoms with Crippen molar-refractivity contribution in [2.75, 3.05) is 4.90 Å². The number of hydrogen-bond donors (Lipinski definition) is 1. The number of hydrogen-bond acceptors (Lipinski definition) is 3. The third-order valence-electron chi connectivity index (χ3n) is 5.77. The van der Waals surface area contributed by atoms with Crippen LogP contribution in [0.5, 0.6) is 0 Å². The number of carbonyl (C=O) groups is 2. The number of aryl methyl sites for hydroxylation is 3. The molecule has 0 unspecified atom stereocenters. The topological polar surface area (TPSA) is 54.3 Å². The quantitative estimate of drug-likeness (QED) is 0.358. The lowest BCUT2D eigenvalue weighted by molar-refractivity contribution is -0.122. The minimum atomic E-state index is -0.485. The fraction of sp³-hybridized carbons (Fsp3) is 0.192. The van der Waals surface area contributed by atoms with E-state index < -0.39 is 11.8 Å². The Hall–Kier alpha value is -3.51. The van der Waals surface area contributed by atoms with Gasteiger partial charge in [0.2, 0.25) is 0 Å². The molecule has 1 aliphatic rings. The molecule has 1 fully saturated rings. The number of nitrogens with zero attached hydrogens (tertiary/aromatic N) is 2. The zero-order valence-electron chi connectivity index (χ0n) is 18.6. The first-order valence-electron chi connectivity index (χ1n) is 10.6. The van der Waals surface area contributed by atoms with Crippen molar-refractivity contribution in [2.24, 2.45) is 0 Å². The van der Waals surface area contributed by atoms with Crippen LogP contribution in [-0.4, -0.2) is 21.5 Å². The Kier molecular flexibility index (Phi) is 5.80. The third-order valence-corrected chi connectivity index (χ3v) is 6.05. The number of carbonyl (C=O) groups excluding carboxylic acids is 2. The molecule has 0 aliphatic carbocycles. The van der Waals surface area contributed by atoms with Gasteiger partial charge in [0.25, 0.3) is 11.8 Å². The number of rotatable bonds is 4. The van der Waals surface area contributed by atoms with Crippen LogP contribution in [-0.2, 0) is 16.0 Å². The summed E-state index contributed by atoms with van der Waals surface area (Å²) in [5.74, 6) is -0.912. The molecule has 162 valence electrons. The Morgan fingerprint density at radius 1 is 0.938 bits per heavy atom. The molecule has 6 heteroatoms. The summed E-state index contributed by atoms with van der Waals surface area (Å²) in [5, 5.41) is 2.75. The van der Waals surface area contributed by atoms with Gasteiger partial charge in [0.05, 0.1) is 5.69 Å². The van der Waals surface area contributed by atoms with E-state index in [1.807, 2.05) is 51.1 Å². The number of benzene rings is 2. The number of thiocarbonyl (C=S) groups is 1. The standard InChI is InChI=1S/C26H25N3O2S/c1-5-19-8-12-22(13-9-19)29-25(31)23(24(30)27-26(29)32)15-20-14-17(3)28(18(20)4)21-10-6-16(2)7-11-21/h6-15H,5H2,1-4H3,(H,27,30,32)/b23-15-. The van der Waals surface area contributed by atoms with Gasteiger partial charge in [-0.1, -0.05) is 36.8 Å². The van der Waals surface area contributed by atoms with E-state index in [0.29, 0.717) is 5.69 Å². The average Bonchev–Trinajstić information content (AvgIpc) is 3.05. The van der Waals surface area contributed by atoms with E-state index in [9.17, 15) is 9.59 Å². The van der Waals surface area contributed by atoms with Gasteiger partial charge >= 0.3 is 0 Å². The van der Waals surface area contributed by atoms with E-state index >= 15 is 0 Å². The maximum absolute atomic E-state index is 13.3. The Balaban J connectivity index is 1.73. The third kappa shape index (κ3) is 3.89. The lowest BCUT2D eigenvalue weighted by Crippen LogP contribution is -2.54. The van der Waals surface area contributed by atoms with Gasteiger partial charge in [0, 0.05) is 17.1 Å². The summed E-state index contributed by atoms with van der Waals surface area (Å²) in [4.78, 5) is 27.4. The van der Waals surface area contributed by atoms with E-state index in [0.717, 1.165) is 34.6 Å². The van der Waals surface area contributed by atoms with Crippen molar-refractivity contribution in [1.82, 2.24) is 9.88 Å². The van der Waals surface area contributed by atoms with Crippen molar-refractivity contribution in [1.29, 1.82) is 0 Å². The summed E-state index contributed by atoms with van der Waals surface area (Å²) in [6.45, 7) is 8.11. The molecule has 0 saturated carbocycles. The molecule has 2 heterocycles. The fourth-order valence-electron chi connectivity index (χ4n) is 3.95. The first kappa shape index (κ1) is 21.7. The molecule has 0 atom stereocenters. The summed E-state index contributed by atoms with van der Waals surface area (Å²) in [5.41, 5.74) is 6.86. The minimum absolute atomic E-state index is 0.0577. The Morgan fingerprint density at radius 3 is 2.19 bits per heavy atom. The zero-order chi connectivity index (χ0) is 23.0.